The number of carbonyl (C=O) groups excluding carboxylic acids is 1. The largest absolute Gasteiger partial charge is 0.383 e. The number of nitrogens with zero attached hydrogens (tertiary/aromatic N) is 3. The number of nitrogen functional groups attached to an aromatic ring is 1. The van der Waals surface area contributed by atoms with Gasteiger partial charge in [-0.25, -0.2) is 9.97 Å². The van der Waals surface area contributed by atoms with E-state index in [9.17, 15) is 4.79 Å². The van der Waals surface area contributed by atoms with E-state index in [0.717, 1.165) is 0 Å². The summed E-state index contributed by atoms with van der Waals surface area (Å²) in [7, 11) is 0. The second-order valence-corrected chi connectivity index (χ2v) is 4.35. The lowest BCUT2D eigenvalue weighted by Crippen LogP contribution is -2.19. The maximum atomic E-state index is 11.6. The van der Waals surface area contributed by atoms with Crippen molar-refractivity contribution in [2.45, 2.75) is 6.92 Å². The van der Waals surface area contributed by atoms with Gasteiger partial charge in [-0.3, -0.25) is 4.79 Å². The van der Waals surface area contributed by atoms with Gasteiger partial charge in [0.05, 0.1) is 6.07 Å². The molecule has 0 aliphatic heterocycles. The summed E-state index contributed by atoms with van der Waals surface area (Å²) in [6.07, 6.45) is 1.50. The number of halogens is 1. The molecule has 0 aliphatic carbocycles. The highest BCUT2D eigenvalue weighted by Gasteiger charge is 2.13. The number of nitriles is 1. The van der Waals surface area contributed by atoms with E-state index in [0.29, 0.717) is 16.6 Å². The predicted molar refractivity (Wildman–Crippen MR) is 72.4 cm³/mol. The van der Waals surface area contributed by atoms with E-state index >= 15 is 0 Å². The Balaban J connectivity index is 2.37. The van der Waals surface area contributed by atoms with Gasteiger partial charge in [0.25, 0.3) is 0 Å². The Morgan fingerprint density at radius 3 is 3.00 bits per heavy atom. The fourth-order valence-corrected chi connectivity index (χ4v) is 1.71. The summed E-state index contributed by atoms with van der Waals surface area (Å²) in [6, 6.07) is 5.10. The van der Waals surface area contributed by atoms with E-state index in [-0.39, 0.29) is 11.0 Å². The molecule has 0 aliphatic rings. The topological polar surface area (TPSA) is 105 Å². The van der Waals surface area contributed by atoms with E-state index in [2.05, 4.69) is 15.3 Å². The monoisotopic (exact) mass is 275 g/mol. The number of rotatable bonds is 2. The van der Waals surface area contributed by atoms with Crippen LogP contribution in [0.1, 0.15) is 6.92 Å². The molecule has 2 heterocycles. The lowest BCUT2D eigenvalue weighted by Gasteiger charge is -2.07. The molecule has 7 heteroatoms. The molecule has 0 saturated heterocycles. The van der Waals surface area contributed by atoms with E-state index in [1.807, 2.05) is 6.07 Å². The molecule has 0 aromatic carbocycles. The van der Waals surface area contributed by atoms with Crippen LogP contribution >= 0.6 is 11.6 Å². The van der Waals surface area contributed by atoms with Crippen LogP contribution in [-0.2, 0) is 4.79 Å². The van der Waals surface area contributed by atoms with Crippen molar-refractivity contribution in [3.8, 4) is 6.07 Å². The number of aromatic nitrogens is 2. The third-order valence-electron chi connectivity index (χ3n) is 2.55. The number of nitrogens with two attached hydrogens (primary N) is 1. The molecule has 0 radical (unpaired) electrons. The van der Waals surface area contributed by atoms with Crippen molar-refractivity contribution < 1.29 is 4.79 Å². The summed E-state index contributed by atoms with van der Waals surface area (Å²) >= 11 is 5.81. The van der Waals surface area contributed by atoms with Crippen molar-refractivity contribution in [1.82, 2.24) is 9.97 Å². The molecule has 0 spiro atoms. The number of nitrogens with one attached hydrogen (secondary N) is 1. The number of amides is 1. The zero-order chi connectivity index (χ0) is 14.0. The lowest BCUT2D eigenvalue weighted by atomic mass is 10.2. The maximum absolute atomic E-state index is 11.6. The molecule has 2 aromatic rings. The van der Waals surface area contributed by atoms with E-state index < -0.39 is 11.8 Å². The van der Waals surface area contributed by atoms with Gasteiger partial charge in [-0.05, 0) is 24.4 Å². The lowest BCUT2D eigenvalue weighted by molar-refractivity contribution is -0.117. The van der Waals surface area contributed by atoms with Crippen LogP contribution in [0.3, 0.4) is 0 Å². The van der Waals surface area contributed by atoms with Crippen molar-refractivity contribution in [1.29, 1.82) is 5.26 Å². The summed E-state index contributed by atoms with van der Waals surface area (Å²) in [6.45, 7) is 1.51. The van der Waals surface area contributed by atoms with Crippen LogP contribution in [0.15, 0.2) is 18.3 Å². The number of pyridine rings is 2. The van der Waals surface area contributed by atoms with E-state index in [1.54, 1.807) is 12.1 Å². The molecule has 19 heavy (non-hydrogen) atoms. The first-order chi connectivity index (χ1) is 9.01. The molecule has 0 saturated carbocycles. The molecule has 1 unspecified atom stereocenters. The second-order valence-electron chi connectivity index (χ2n) is 3.96. The van der Waals surface area contributed by atoms with Crippen LogP contribution in [-0.4, -0.2) is 15.9 Å². The minimum Gasteiger partial charge on any atom is -0.383 e. The van der Waals surface area contributed by atoms with Crippen LogP contribution in [0.5, 0.6) is 0 Å². The van der Waals surface area contributed by atoms with Gasteiger partial charge in [0, 0.05) is 11.6 Å². The Labute approximate surface area is 114 Å². The van der Waals surface area contributed by atoms with Gasteiger partial charge < -0.3 is 11.1 Å². The molecule has 0 fully saturated rings. The molecule has 2 aromatic heterocycles. The molecule has 1 atom stereocenters. The first-order valence-corrected chi connectivity index (χ1v) is 5.81. The van der Waals surface area contributed by atoms with Gasteiger partial charge in [-0.15, -0.1) is 0 Å². The average Bonchev–Trinajstić information content (AvgIpc) is 2.36. The molecule has 3 N–H and O–H groups in total. The quantitative estimate of drug-likeness (QED) is 0.815. The Morgan fingerprint density at radius 1 is 1.58 bits per heavy atom. The highest BCUT2D eigenvalue weighted by atomic mass is 35.5. The zero-order valence-electron chi connectivity index (χ0n) is 10.0. The number of anilines is 2. The highest BCUT2D eigenvalue weighted by molar-refractivity contribution is 6.30. The van der Waals surface area contributed by atoms with Crippen LogP contribution in [0.25, 0.3) is 10.8 Å². The van der Waals surface area contributed by atoms with Crippen LogP contribution in [0, 0.1) is 17.2 Å². The number of hydrogen-bond donors (Lipinski definition) is 2. The van der Waals surface area contributed by atoms with Gasteiger partial charge in [0.1, 0.15) is 22.7 Å². The fourth-order valence-electron chi connectivity index (χ4n) is 1.50. The second kappa shape index (κ2) is 5.08. The molecular weight excluding hydrogens is 266 g/mol. The van der Waals surface area contributed by atoms with Gasteiger partial charge >= 0.3 is 0 Å². The highest BCUT2D eigenvalue weighted by Crippen LogP contribution is 2.24. The summed E-state index contributed by atoms with van der Waals surface area (Å²) in [5.74, 6) is -0.550. The summed E-state index contributed by atoms with van der Waals surface area (Å²) in [5, 5.41) is 12.8. The predicted octanol–water partition coefficient (Wildman–Crippen LogP) is 1.96. The van der Waals surface area contributed by atoms with Gasteiger partial charge in [-0.2, -0.15) is 5.26 Å². The van der Waals surface area contributed by atoms with Crippen LogP contribution in [0.4, 0.5) is 11.6 Å². The normalized spacial score (nSPS) is 11.8. The standard InChI is InChI=1S/C12H10ClN5O/c1-6(4-14)12(19)18-10-3-7-2-9(13)17-11(15)8(7)5-16-10/h2-3,5-6H,1H3,(H2,15,17)(H,16,18,19). The van der Waals surface area contributed by atoms with Crippen molar-refractivity contribution in [2.24, 2.45) is 5.92 Å². The summed E-state index contributed by atoms with van der Waals surface area (Å²) in [5.41, 5.74) is 5.71. The number of fused-ring (bicyclic) bond motifs is 1. The smallest absolute Gasteiger partial charge is 0.242 e. The van der Waals surface area contributed by atoms with Crippen LogP contribution in [0.2, 0.25) is 5.15 Å². The fraction of sp³-hybridized carbons (Fsp3) is 0.167. The first kappa shape index (κ1) is 13.1. The SMILES string of the molecule is CC(C#N)C(=O)Nc1cc2cc(Cl)nc(N)c2cn1. The third-order valence-corrected chi connectivity index (χ3v) is 2.75. The van der Waals surface area contributed by atoms with Crippen molar-refractivity contribution in [3.05, 3.63) is 23.5 Å². The first-order valence-electron chi connectivity index (χ1n) is 5.43. The molecule has 1 amide bonds. The molecular formula is C12H10ClN5O. The van der Waals surface area contributed by atoms with E-state index in [4.69, 9.17) is 22.6 Å². The van der Waals surface area contributed by atoms with Crippen molar-refractivity contribution in [2.75, 3.05) is 11.1 Å². The molecule has 96 valence electrons. The minimum absolute atomic E-state index is 0.263. The average molecular weight is 276 g/mol. The molecule has 2 rings (SSSR count). The number of carbonyl (C=O) groups is 1. The Morgan fingerprint density at radius 2 is 2.32 bits per heavy atom. The summed E-state index contributed by atoms with van der Waals surface area (Å²) < 4.78 is 0. The van der Waals surface area contributed by atoms with Gasteiger partial charge in [-0.1, -0.05) is 11.6 Å². The van der Waals surface area contributed by atoms with Gasteiger partial charge in [0.15, 0.2) is 0 Å². The number of hydrogen-bond acceptors (Lipinski definition) is 5. The van der Waals surface area contributed by atoms with Crippen molar-refractivity contribution >= 4 is 39.9 Å². The Bertz CT molecular complexity index is 694. The van der Waals surface area contributed by atoms with Crippen LogP contribution < -0.4 is 11.1 Å². The summed E-state index contributed by atoms with van der Waals surface area (Å²) in [4.78, 5) is 19.5. The van der Waals surface area contributed by atoms with Crippen molar-refractivity contribution in [3.63, 3.8) is 0 Å². The zero-order valence-corrected chi connectivity index (χ0v) is 10.8. The minimum atomic E-state index is -0.747. The maximum Gasteiger partial charge on any atom is 0.242 e. The van der Waals surface area contributed by atoms with E-state index in [1.165, 1.54) is 13.1 Å². The third kappa shape index (κ3) is 2.72. The Hall–Kier alpha value is -2.39. The molecule has 0 bridgehead atoms. The molecule has 6 nitrogen and oxygen atoms in total. The van der Waals surface area contributed by atoms with Gasteiger partial charge in [0.2, 0.25) is 5.91 Å². The Kier molecular flexibility index (Phi) is 3.49.